The van der Waals surface area contributed by atoms with Crippen molar-refractivity contribution < 1.29 is 9.53 Å². The topological polar surface area (TPSA) is 29.5 Å². The number of hydrogen-bond donors (Lipinski definition) is 1. The summed E-state index contributed by atoms with van der Waals surface area (Å²) in [5.74, 6) is 0.908. The summed E-state index contributed by atoms with van der Waals surface area (Å²) in [7, 11) is -1.56. The minimum Gasteiger partial charge on any atom is -0.544 e. The molecule has 0 radical (unpaired) electrons. The van der Waals surface area contributed by atoms with Gasteiger partial charge >= 0.3 is 0 Å². The first kappa shape index (κ1) is 15.5. The maximum Gasteiger partial charge on any atom is 0.250 e. The van der Waals surface area contributed by atoms with Gasteiger partial charge in [0, 0.05) is 6.61 Å². The summed E-state index contributed by atoms with van der Waals surface area (Å²) < 4.78 is 6.18. The molecule has 0 aromatic heterocycles. The molecule has 94 valence electrons. The van der Waals surface area contributed by atoms with Crippen LogP contribution in [0.25, 0.3) is 0 Å². The molecule has 1 N–H and O–H groups in total. The zero-order valence-corrected chi connectivity index (χ0v) is 12.0. The van der Waals surface area contributed by atoms with E-state index in [0.717, 1.165) is 36.7 Å². The van der Waals surface area contributed by atoms with Crippen molar-refractivity contribution in [2.75, 3.05) is 6.61 Å². The lowest BCUT2D eigenvalue weighted by molar-refractivity contribution is 0.289. The van der Waals surface area contributed by atoms with Gasteiger partial charge in [-0.2, -0.15) is 0 Å². The molecule has 0 aliphatic carbocycles. The van der Waals surface area contributed by atoms with Crippen LogP contribution < -0.4 is 0 Å². The molecule has 0 fully saturated rings. The van der Waals surface area contributed by atoms with Crippen LogP contribution in [0.3, 0.4) is 0 Å². The normalized spacial score (nSPS) is 12.6. The SMILES string of the molecule is C=CC(=CCCCO)O[Si](CC)(CC)CC. The highest BCUT2D eigenvalue weighted by Gasteiger charge is 2.30. The highest BCUT2D eigenvalue weighted by Crippen LogP contribution is 2.25. The minimum absolute atomic E-state index is 0.235. The van der Waals surface area contributed by atoms with Crippen LogP contribution in [0.4, 0.5) is 0 Å². The molecule has 0 spiro atoms. The quantitative estimate of drug-likeness (QED) is 0.288. The molecule has 0 aliphatic heterocycles. The molecule has 0 heterocycles. The standard InChI is InChI=1S/C13H26O2Si/c1-5-13(11-9-10-12-14)15-16(6-2,7-3)8-4/h5,11,14H,1,6-10,12H2,2-4H3. The molecule has 0 unspecified atom stereocenters. The molecule has 3 heteroatoms. The average Bonchev–Trinajstić information content (AvgIpc) is 2.34. The first-order valence-corrected chi connectivity index (χ1v) is 8.83. The van der Waals surface area contributed by atoms with E-state index in [1.165, 1.54) is 0 Å². The fourth-order valence-corrected chi connectivity index (χ4v) is 4.32. The van der Waals surface area contributed by atoms with Crippen molar-refractivity contribution in [3.05, 3.63) is 24.5 Å². The summed E-state index contributed by atoms with van der Waals surface area (Å²) in [6, 6.07) is 3.43. The Morgan fingerprint density at radius 1 is 1.25 bits per heavy atom. The molecule has 0 amide bonds. The van der Waals surface area contributed by atoms with Crippen LogP contribution in [0.1, 0.15) is 33.6 Å². The average molecular weight is 242 g/mol. The van der Waals surface area contributed by atoms with Gasteiger partial charge in [-0.05, 0) is 43.1 Å². The van der Waals surface area contributed by atoms with Crippen LogP contribution in [-0.4, -0.2) is 20.0 Å². The summed E-state index contributed by atoms with van der Waals surface area (Å²) in [6.07, 6.45) is 5.49. The molecular formula is C13H26O2Si. The van der Waals surface area contributed by atoms with E-state index in [1.807, 2.05) is 6.08 Å². The first-order chi connectivity index (χ1) is 7.67. The summed E-state index contributed by atoms with van der Waals surface area (Å²) in [6.45, 7) is 10.7. The Kier molecular flexibility index (Phi) is 8.30. The summed E-state index contributed by atoms with van der Waals surface area (Å²) in [5, 5.41) is 8.74. The predicted octanol–water partition coefficient (Wildman–Crippen LogP) is 3.85. The smallest absolute Gasteiger partial charge is 0.250 e. The summed E-state index contributed by atoms with van der Waals surface area (Å²) in [4.78, 5) is 0. The molecule has 16 heavy (non-hydrogen) atoms. The number of rotatable bonds is 9. The molecule has 0 aromatic rings. The first-order valence-electron chi connectivity index (χ1n) is 6.30. The van der Waals surface area contributed by atoms with E-state index in [4.69, 9.17) is 9.53 Å². The van der Waals surface area contributed by atoms with Crippen LogP contribution in [0.2, 0.25) is 18.1 Å². The molecule has 0 saturated heterocycles. The van der Waals surface area contributed by atoms with Gasteiger partial charge in [0.15, 0.2) is 0 Å². The highest BCUT2D eigenvalue weighted by atomic mass is 28.4. The van der Waals surface area contributed by atoms with E-state index in [9.17, 15) is 0 Å². The van der Waals surface area contributed by atoms with Crippen molar-refractivity contribution in [1.82, 2.24) is 0 Å². The van der Waals surface area contributed by atoms with Crippen molar-refractivity contribution in [3.8, 4) is 0 Å². The van der Waals surface area contributed by atoms with Crippen LogP contribution in [-0.2, 0) is 4.43 Å². The number of aliphatic hydroxyl groups is 1. The Hall–Kier alpha value is -0.543. The Morgan fingerprint density at radius 3 is 2.19 bits per heavy atom. The van der Waals surface area contributed by atoms with Gasteiger partial charge in [0.2, 0.25) is 8.32 Å². The van der Waals surface area contributed by atoms with Crippen LogP contribution >= 0.6 is 0 Å². The number of hydrogen-bond acceptors (Lipinski definition) is 2. The molecule has 0 saturated carbocycles. The zero-order chi connectivity index (χ0) is 12.4. The Balaban J connectivity index is 4.48. The highest BCUT2D eigenvalue weighted by molar-refractivity contribution is 6.73. The molecule has 0 rings (SSSR count). The molecule has 0 aromatic carbocycles. The van der Waals surface area contributed by atoms with Gasteiger partial charge in [0.1, 0.15) is 0 Å². The third-order valence-electron chi connectivity index (χ3n) is 3.18. The second-order valence-corrected chi connectivity index (χ2v) is 8.71. The van der Waals surface area contributed by atoms with E-state index in [2.05, 4.69) is 27.4 Å². The third-order valence-corrected chi connectivity index (χ3v) is 7.71. The fourth-order valence-electron chi connectivity index (χ4n) is 1.72. The van der Waals surface area contributed by atoms with Crippen molar-refractivity contribution in [1.29, 1.82) is 0 Å². The third kappa shape index (κ3) is 4.99. The maximum absolute atomic E-state index is 8.74. The molecule has 0 atom stereocenters. The second-order valence-electron chi connectivity index (χ2n) is 4.02. The Labute approximate surface area is 101 Å². The van der Waals surface area contributed by atoms with Crippen molar-refractivity contribution in [3.63, 3.8) is 0 Å². The number of aliphatic hydroxyl groups excluding tert-OH is 1. The van der Waals surface area contributed by atoms with Gasteiger partial charge < -0.3 is 9.53 Å². The van der Waals surface area contributed by atoms with Gasteiger partial charge in [0.25, 0.3) is 0 Å². The second kappa shape index (κ2) is 8.59. The fraction of sp³-hybridized carbons (Fsp3) is 0.692. The lowest BCUT2D eigenvalue weighted by Gasteiger charge is -2.29. The maximum atomic E-state index is 8.74. The zero-order valence-electron chi connectivity index (χ0n) is 11.0. The number of allylic oxidation sites excluding steroid dienone is 2. The van der Waals surface area contributed by atoms with E-state index in [-0.39, 0.29) is 6.61 Å². The lowest BCUT2D eigenvalue weighted by atomic mass is 10.3. The van der Waals surface area contributed by atoms with Gasteiger partial charge in [-0.25, -0.2) is 0 Å². The van der Waals surface area contributed by atoms with Gasteiger partial charge in [-0.1, -0.05) is 27.4 Å². The van der Waals surface area contributed by atoms with E-state index in [0.29, 0.717) is 0 Å². The monoisotopic (exact) mass is 242 g/mol. The molecule has 0 bridgehead atoms. The van der Waals surface area contributed by atoms with Gasteiger partial charge in [0.05, 0.1) is 5.76 Å². The van der Waals surface area contributed by atoms with Gasteiger partial charge in [-0.3, -0.25) is 0 Å². The van der Waals surface area contributed by atoms with Crippen LogP contribution in [0, 0.1) is 0 Å². The van der Waals surface area contributed by atoms with Crippen molar-refractivity contribution in [2.45, 2.75) is 51.7 Å². The Bertz CT molecular complexity index is 212. The van der Waals surface area contributed by atoms with E-state index in [1.54, 1.807) is 6.08 Å². The number of unbranched alkanes of at least 4 members (excludes halogenated alkanes) is 1. The molecule has 0 aliphatic rings. The van der Waals surface area contributed by atoms with E-state index >= 15 is 0 Å². The van der Waals surface area contributed by atoms with E-state index < -0.39 is 8.32 Å². The summed E-state index contributed by atoms with van der Waals surface area (Å²) >= 11 is 0. The summed E-state index contributed by atoms with van der Waals surface area (Å²) in [5.41, 5.74) is 0. The molecule has 2 nitrogen and oxygen atoms in total. The van der Waals surface area contributed by atoms with Gasteiger partial charge in [-0.15, -0.1) is 0 Å². The predicted molar refractivity (Wildman–Crippen MR) is 72.9 cm³/mol. The minimum atomic E-state index is -1.56. The Morgan fingerprint density at radius 2 is 1.81 bits per heavy atom. The van der Waals surface area contributed by atoms with Crippen LogP contribution in [0.5, 0.6) is 0 Å². The van der Waals surface area contributed by atoms with Crippen LogP contribution in [0.15, 0.2) is 24.5 Å². The largest absolute Gasteiger partial charge is 0.544 e. The lowest BCUT2D eigenvalue weighted by Crippen LogP contribution is -2.35. The van der Waals surface area contributed by atoms with Crippen molar-refractivity contribution in [2.24, 2.45) is 0 Å². The van der Waals surface area contributed by atoms with Crippen molar-refractivity contribution >= 4 is 8.32 Å². The molecular weight excluding hydrogens is 216 g/mol.